The first-order chi connectivity index (χ1) is 8.78. The molecule has 0 aliphatic heterocycles. The molecule has 3 rings (SSSR count). The van der Waals surface area contributed by atoms with Gasteiger partial charge in [0, 0.05) is 11.8 Å². The molecule has 0 amide bonds. The average molecular weight is 256 g/mol. The third-order valence-corrected chi connectivity index (χ3v) is 2.71. The van der Waals surface area contributed by atoms with Crippen molar-refractivity contribution in [3.8, 4) is 17.3 Å². The second kappa shape index (κ2) is 4.09. The molecule has 0 aliphatic carbocycles. The molecule has 0 bridgehead atoms. The number of nitriles is 1. The Morgan fingerprint density at radius 2 is 2.17 bits per heavy atom. The fourth-order valence-corrected chi connectivity index (χ4v) is 1.87. The van der Waals surface area contributed by atoms with Gasteiger partial charge < -0.3 is 0 Å². The highest BCUT2D eigenvalue weighted by molar-refractivity contribution is 6.29. The summed E-state index contributed by atoms with van der Waals surface area (Å²) >= 11 is 5.82. The van der Waals surface area contributed by atoms with Crippen LogP contribution in [0.5, 0.6) is 0 Å². The zero-order valence-corrected chi connectivity index (χ0v) is 9.83. The third kappa shape index (κ3) is 1.69. The van der Waals surface area contributed by atoms with Crippen LogP contribution in [0, 0.1) is 11.3 Å². The van der Waals surface area contributed by atoms with Gasteiger partial charge in [0.2, 0.25) is 0 Å². The van der Waals surface area contributed by atoms with Crippen molar-refractivity contribution in [3.63, 3.8) is 0 Å². The summed E-state index contributed by atoms with van der Waals surface area (Å²) in [7, 11) is 0. The van der Waals surface area contributed by atoms with Crippen molar-refractivity contribution < 1.29 is 0 Å². The van der Waals surface area contributed by atoms with Gasteiger partial charge in [-0.25, -0.2) is 9.50 Å². The minimum Gasteiger partial charge on any atom is -0.259 e. The number of rotatable bonds is 1. The maximum Gasteiger partial charge on any atom is 0.148 e. The Morgan fingerprint density at radius 1 is 1.28 bits per heavy atom. The van der Waals surface area contributed by atoms with E-state index in [1.165, 1.54) is 6.20 Å². The Bertz CT molecular complexity index is 771. The summed E-state index contributed by atoms with van der Waals surface area (Å²) in [6, 6.07) is 5.55. The Labute approximate surface area is 107 Å². The Morgan fingerprint density at radius 3 is 2.94 bits per heavy atom. The van der Waals surface area contributed by atoms with Gasteiger partial charge >= 0.3 is 0 Å². The number of hydrogen-bond donors (Lipinski definition) is 0. The summed E-state index contributed by atoms with van der Waals surface area (Å²) in [4.78, 5) is 8.18. The quantitative estimate of drug-likeness (QED) is 0.669. The van der Waals surface area contributed by atoms with E-state index in [4.69, 9.17) is 16.9 Å². The molecule has 0 saturated carbocycles. The minimum absolute atomic E-state index is 0.322. The van der Waals surface area contributed by atoms with Gasteiger partial charge in [-0.2, -0.15) is 10.4 Å². The molecule has 6 heteroatoms. The molecule has 86 valence electrons. The second-order valence-electron chi connectivity index (χ2n) is 3.64. The molecule has 0 N–H and O–H groups in total. The topological polar surface area (TPSA) is 66.9 Å². The first kappa shape index (κ1) is 10.7. The van der Waals surface area contributed by atoms with Crippen molar-refractivity contribution in [2.24, 2.45) is 0 Å². The van der Waals surface area contributed by atoms with Gasteiger partial charge in [-0.15, -0.1) is 0 Å². The fraction of sp³-hybridized carbons (Fsp3) is 0. The Balaban J connectivity index is 2.27. The summed E-state index contributed by atoms with van der Waals surface area (Å²) in [6.45, 7) is 0. The molecule has 0 fully saturated rings. The summed E-state index contributed by atoms with van der Waals surface area (Å²) in [5, 5.41) is 13.4. The van der Waals surface area contributed by atoms with Crippen molar-refractivity contribution in [1.29, 1.82) is 5.26 Å². The third-order valence-electron chi connectivity index (χ3n) is 2.53. The van der Waals surface area contributed by atoms with Gasteiger partial charge in [-0.3, -0.25) is 4.98 Å². The second-order valence-corrected chi connectivity index (χ2v) is 4.03. The molecular formula is C12H6ClN5. The number of nitrogens with zero attached hydrogens (tertiary/aromatic N) is 5. The van der Waals surface area contributed by atoms with Crippen LogP contribution >= 0.6 is 11.6 Å². The fourth-order valence-electron chi connectivity index (χ4n) is 1.72. The van der Waals surface area contributed by atoms with E-state index in [1.54, 1.807) is 35.2 Å². The van der Waals surface area contributed by atoms with Crippen molar-refractivity contribution >= 4 is 17.1 Å². The van der Waals surface area contributed by atoms with Gasteiger partial charge in [-0.1, -0.05) is 11.6 Å². The van der Waals surface area contributed by atoms with E-state index in [2.05, 4.69) is 21.1 Å². The van der Waals surface area contributed by atoms with Crippen LogP contribution in [-0.4, -0.2) is 19.6 Å². The molecule has 0 aliphatic rings. The molecule has 0 unspecified atom stereocenters. The number of fused-ring (bicyclic) bond motifs is 1. The average Bonchev–Trinajstić information content (AvgIpc) is 2.81. The van der Waals surface area contributed by atoms with Crippen molar-refractivity contribution in [3.05, 3.63) is 47.6 Å². The van der Waals surface area contributed by atoms with E-state index in [1.807, 2.05) is 0 Å². The predicted molar refractivity (Wildman–Crippen MR) is 65.9 cm³/mol. The Kier molecular flexibility index (Phi) is 2.43. The molecule has 0 saturated heterocycles. The summed E-state index contributed by atoms with van der Waals surface area (Å²) in [5.41, 5.74) is 2.79. The summed E-state index contributed by atoms with van der Waals surface area (Å²) in [6.07, 6.45) is 6.49. The number of aromatic nitrogens is 4. The van der Waals surface area contributed by atoms with Crippen LogP contribution < -0.4 is 0 Å². The van der Waals surface area contributed by atoms with Gasteiger partial charge in [-0.05, 0) is 12.1 Å². The zero-order chi connectivity index (χ0) is 12.5. The van der Waals surface area contributed by atoms with E-state index in [-0.39, 0.29) is 0 Å². The van der Waals surface area contributed by atoms with Crippen LogP contribution in [0.2, 0.25) is 5.15 Å². The lowest BCUT2D eigenvalue weighted by Crippen LogP contribution is -1.89. The lowest BCUT2D eigenvalue weighted by Gasteiger charge is -1.99. The number of halogens is 1. The van der Waals surface area contributed by atoms with Gasteiger partial charge in [0.1, 0.15) is 5.15 Å². The van der Waals surface area contributed by atoms with E-state index in [9.17, 15) is 0 Å². The maximum absolute atomic E-state index is 8.91. The molecule has 3 heterocycles. The van der Waals surface area contributed by atoms with Crippen LogP contribution in [0.25, 0.3) is 16.8 Å². The van der Waals surface area contributed by atoms with Crippen molar-refractivity contribution in [2.75, 3.05) is 0 Å². The predicted octanol–water partition coefficient (Wildman–Crippen LogP) is 2.32. The SMILES string of the molecule is N#Cc1ccn2ncc(-c3cncc(Cl)n3)c2c1. The van der Waals surface area contributed by atoms with E-state index in [0.29, 0.717) is 16.4 Å². The Hall–Kier alpha value is -2.45. The molecule has 18 heavy (non-hydrogen) atoms. The highest BCUT2D eigenvalue weighted by atomic mass is 35.5. The van der Waals surface area contributed by atoms with Crippen LogP contribution in [-0.2, 0) is 0 Å². The molecule has 0 aromatic carbocycles. The van der Waals surface area contributed by atoms with Crippen LogP contribution in [0.1, 0.15) is 5.56 Å². The highest BCUT2D eigenvalue weighted by Crippen LogP contribution is 2.23. The molecule has 5 nitrogen and oxygen atoms in total. The van der Waals surface area contributed by atoms with Crippen LogP contribution in [0.3, 0.4) is 0 Å². The first-order valence-corrected chi connectivity index (χ1v) is 5.51. The van der Waals surface area contributed by atoms with E-state index >= 15 is 0 Å². The lowest BCUT2D eigenvalue weighted by molar-refractivity contribution is 0.960. The zero-order valence-electron chi connectivity index (χ0n) is 9.08. The summed E-state index contributed by atoms with van der Waals surface area (Å²) < 4.78 is 1.68. The van der Waals surface area contributed by atoms with E-state index in [0.717, 1.165) is 11.1 Å². The van der Waals surface area contributed by atoms with Crippen molar-refractivity contribution in [2.45, 2.75) is 0 Å². The normalized spacial score (nSPS) is 10.4. The van der Waals surface area contributed by atoms with E-state index < -0.39 is 0 Å². The van der Waals surface area contributed by atoms with Crippen LogP contribution in [0.4, 0.5) is 0 Å². The molecule has 0 spiro atoms. The van der Waals surface area contributed by atoms with Crippen molar-refractivity contribution in [1.82, 2.24) is 19.6 Å². The maximum atomic E-state index is 8.91. The van der Waals surface area contributed by atoms with Crippen LogP contribution in [0.15, 0.2) is 36.9 Å². The summed E-state index contributed by atoms with van der Waals surface area (Å²) in [5.74, 6) is 0. The molecule has 0 atom stereocenters. The largest absolute Gasteiger partial charge is 0.259 e. The molecule has 3 aromatic rings. The van der Waals surface area contributed by atoms with Gasteiger partial charge in [0.05, 0.1) is 41.4 Å². The van der Waals surface area contributed by atoms with Gasteiger partial charge in [0.15, 0.2) is 0 Å². The molecular weight excluding hydrogens is 250 g/mol. The minimum atomic E-state index is 0.322. The lowest BCUT2D eigenvalue weighted by atomic mass is 10.2. The first-order valence-electron chi connectivity index (χ1n) is 5.13. The highest BCUT2D eigenvalue weighted by Gasteiger charge is 2.09. The standard InChI is InChI=1S/C12H6ClN5/c13-12-7-15-6-10(17-12)9-5-16-18-2-1-8(4-14)3-11(9)18/h1-3,5-7H. The monoisotopic (exact) mass is 255 g/mol. The number of hydrogen-bond acceptors (Lipinski definition) is 4. The smallest absolute Gasteiger partial charge is 0.148 e. The molecule has 3 aromatic heterocycles. The van der Waals surface area contributed by atoms with Gasteiger partial charge in [0.25, 0.3) is 0 Å². The number of pyridine rings is 1. The molecule has 0 radical (unpaired) electrons.